The molecule has 0 fully saturated rings. The van der Waals surface area contributed by atoms with Gasteiger partial charge in [-0.2, -0.15) is 0 Å². The zero-order valence-corrected chi connectivity index (χ0v) is 12.3. The first kappa shape index (κ1) is 16.9. The lowest BCUT2D eigenvalue weighted by molar-refractivity contribution is -0.139. The van der Waals surface area contributed by atoms with Crippen molar-refractivity contribution in [3.05, 3.63) is 30.1 Å². The van der Waals surface area contributed by atoms with Gasteiger partial charge in [-0.15, -0.1) is 0 Å². The minimum atomic E-state index is -1.07. The van der Waals surface area contributed by atoms with Crippen LogP contribution in [0.15, 0.2) is 24.4 Å². The second-order valence-electron chi connectivity index (χ2n) is 4.46. The molecule has 1 unspecified atom stereocenters. The van der Waals surface area contributed by atoms with Crippen LogP contribution in [0.1, 0.15) is 19.0 Å². The first-order valence-electron chi connectivity index (χ1n) is 6.75. The van der Waals surface area contributed by atoms with E-state index in [1.54, 1.807) is 12.3 Å². The molecule has 0 bridgehead atoms. The summed E-state index contributed by atoms with van der Waals surface area (Å²) < 4.78 is 4.85. The molecule has 0 spiro atoms. The number of amides is 2. The van der Waals surface area contributed by atoms with E-state index in [1.807, 2.05) is 19.1 Å². The maximum Gasteiger partial charge on any atom is 0.326 e. The van der Waals surface area contributed by atoms with Gasteiger partial charge in [0.25, 0.3) is 0 Å². The van der Waals surface area contributed by atoms with Crippen molar-refractivity contribution in [2.45, 2.75) is 25.9 Å². The number of nitrogens with zero attached hydrogens (tertiary/aromatic N) is 2. The number of carbonyl (C=O) groups excluding carboxylic acids is 1. The molecule has 1 heterocycles. The quantitative estimate of drug-likeness (QED) is 0.749. The molecule has 1 aromatic heterocycles. The summed E-state index contributed by atoms with van der Waals surface area (Å²) in [6.45, 7) is 2.88. The third kappa shape index (κ3) is 5.78. The van der Waals surface area contributed by atoms with Crippen LogP contribution in [0, 0.1) is 0 Å². The van der Waals surface area contributed by atoms with Crippen LogP contribution in [0.3, 0.4) is 0 Å². The first-order chi connectivity index (χ1) is 10.1. The van der Waals surface area contributed by atoms with Crippen LogP contribution in [-0.2, 0) is 16.1 Å². The number of aliphatic carboxylic acids is 1. The fourth-order valence-electron chi connectivity index (χ4n) is 1.75. The van der Waals surface area contributed by atoms with E-state index in [2.05, 4.69) is 10.3 Å². The van der Waals surface area contributed by atoms with Crippen molar-refractivity contribution in [2.24, 2.45) is 0 Å². The van der Waals surface area contributed by atoms with E-state index >= 15 is 0 Å². The van der Waals surface area contributed by atoms with E-state index in [9.17, 15) is 9.59 Å². The predicted molar refractivity (Wildman–Crippen MR) is 76.8 cm³/mol. The van der Waals surface area contributed by atoms with E-state index in [4.69, 9.17) is 9.84 Å². The van der Waals surface area contributed by atoms with E-state index < -0.39 is 18.0 Å². The monoisotopic (exact) mass is 295 g/mol. The number of hydrogen-bond acceptors (Lipinski definition) is 4. The van der Waals surface area contributed by atoms with Gasteiger partial charge in [-0.1, -0.05) is 6.07 Å². The van der Waals surface area contributed by atoms with Gasteiger partial charge in [-0.05, 0) is 19.1 Å². The molecule has 1 rings (SSSR count). The molecule has 1 aromatic rings. The number of urea groups is 1. The van der Waals surface area contributed by atoms with Crippen molar-refractivity contribution in [2.75, 3.05) is 20.3 Å². The lowest BCUT2D eigenvalue weighted by Gasteiger charge is -2.23. The molecule has 0 saturated heterocycles. The normalized spacial score (nSPS) is 11.7. The summed E-state index contributed by atoms with van der Waals surface area (Å²) in [5.41, 5.74) is 0.748. The average Bonchev–Trinajstić information content (AvgIpc) is 2.49. The largest absolute Gasteiger partial charge is 0.480 e. The Morgan fingerprint density at radius 3 is 2.76 bits per heavy atom. The molecule has 7 nitrogen and oxygen atoms in total. The van der Waals surface area contributed by atoms with Crippen molar-refractivity contribution < 1.29 is 19.4 Å². The Labute approximate surface area is 123 Å². The Hall–Kier alpha value is -2.15. The molecule has 0 saturated carbocycles. The van der Waals surface area contributed by atoms with E-state index in [0.29, 0.717) is 13.1 Å². The van der Waals surface area contributed by atoms with Crippen molar-refractivity contribution in [3.8, 4) is 0 Å². The fraction of sp³-hybridized carbons (Fsp3) is 0.500. The third-order valence-electron chi connectivity index (χ3n) is 2.95. The highest BCUT2D eigenvalue weighted by molar-refractivity contribution is 5.82. The minimum absolute atomic E-state index is 0.221. The number of hydrogen-bond donors (Lipinski definition) is 2. The summed E-state index contributed by atoms with van der Waals surface area (Å²) >= 11 is 0. The number of nitrogens with one attached hydrogen (secondary N) is 1. The highest BCUT2D eigenvalue weighted by Gasteiger charge is 2.22. The zero-order valence-electron chi connectivity index (χ0n) is 12.3. The Kier molecular flexibility index (Phi) is 7.17. The number of carboxylic acids is 1. The van der Waals surface area contributed by atoms with Gasteiger partial charge >= 0.3 is 12.0 Å². The Morgan fingerprint density at radius 1 is 1.48 bits per heavy atom. The van der Waals surface area contributed by atoms with Crippen LogP contribution in [0.4, 0.5) is 4.79 Å². The zero-order chi connectivity index (χ0) is 15.7. The number of rotatable bonds is 8. The van der Waals surface area contributed by atoms with E-state index in [1.165, 1.54) is 12.0 Å². The molecule has 0 aliphatic rings. The van der Waals surface area contributed by atoms with Crippen LogP contribution in [0.25, 0.3) is 0 Å². The standard InChI is InChI=1S/C14H21N3O4/c1-3-17(10-11-6-4-5-8-15-11)14(20)16-12(13(18)19)7-9-21-2/h4-6,8,12H,3,7,9-10H2,1-2H3,(H,16,20)(H,18,19). The number of carbonyl (C=O) groups is 2. The molecule has 116 valence electrons. The molecular weight excluding hydrogens is 274 g/mol. The number of ether oxygens (including phenoxy) is 1. The van der Waals surface area contributed by atoms with Crippen LogP contribution >= 0.6 is 0 Å². The molecular formula is C14H21N3O4. The van der Waals surface area contributed by atoms with Crippen LogP contribution < -0.4 is 5.32 Å². The van der Waals surface area contributed by atoms with Gasteiger partial charge < -0.3 is 20.1 Å². The number of methoxy groups -OCH3 is 1. The fourth-order valence-corrected chi connectivity index (χ4v) is 1.75. The molecule has 7 heteroatoms. The second kappa shape index (κ2) is 8.91. The summed E-state index contributed by atoms with van der Waals surface area (Å²) in [5.74, 6) is -1.07. The number of carboxylic acid groups (broad SMARTS) is 1. The lowest BCUT2D eigenvalue weighted by atomic mass is 10.2. The molecule has 2 N–H and O–H groups in total. The van der Waals surface area contributed by atoms with Crippen LogP contribution in [-0.4, -0.2) is 53.3 Å². The van der Waals surface area contributed by atoms with E-state index in [0.717, 1.165) is 5.69 Å². The highest BCUT2D eigenvalue weighted by atomic mass is 16.5. The number of pyridine rings is 1. The molecule has 1 atom stereocenters. The minimum Gasteiger partial charge on any atom is -0.480 e. The summed E-state index contributed by atoms with van der Waals surface area (Å²) in [6, 6.07) is 4.06. The van der Waals surface area contributed by atoms with Gasteiger partial charge in [-0.25, -0.2) is 9.59 Å². The molecule has 2 amide bonds. The van der Waals surface area contributed by atoms with Gasteiger partial charge in [-0.3, -0.25) is 4.98 Å². The number of aromatic nitrogens is 1. The maximum absolute atomic E-state index is 12.1. The first-order valence-corrected chi connectivity index (χ1v) is 6.75. The molecule has 0 aromatic carbocycles. The third-order valence-corrected chi connectivity index (χ3v) is 2.95. The summed E-state index contributed by atoms with van der Waals surface area (Å²) in [7, 11) is 1.49. The van der Waals surface area contributed by atoms with E-state index in [-0.39, 0.29) is 13.0 Å². The van der Waals surface area contributed by atoms with Gasteiger partial charge in [0.1, 0.15) is 6.04 Å². The molecule has 0 aliphatic carbocycles. The van der Waals surface area contributed by atoms with Crippen molar-refractivity contribution in [1.29, 1.82) is 0 Å². The van der Waals surface area contributed by atoms with Crippen molar-refractivity contribution in [1.82, 2.24) is 15.2 Å². The highest BCUT2D eigenvalue weighted by Crippen LogP contribution is 2.03. The molecule has 0 aliphatic heterocycles. The van der Waals surface area contributed by atoms with Gasteiger partial charge in [0.2, 0.25) is 0 Å². The van der Waals surface area contributed by atoms with Crippen LogP contribution in [0.2, 0.25) is 0 Å². The molecule has 21 heavy (non-hydrogen) atoms. The topological polar surface area (TPSA) is 91.8 Å². The lowest BCUT2D eigenvalue weighted by Crippen LogP contribution is -2.48. The summed E-state index contributed by atoms with van der Waals surface area (Å²) in [6.07, 6.45) is 1.87. The van der Waals surface area contributed by atoms with Crippen LogP contribution in [0.5, 0.6) is 0 Å². The van der Waals surface area contributed by atoms with Gasteiger partial charge in [0, 0.05) is 32.9 Å². The van der Waals surface area contributed by atoms with Gasteiger partial charge in [0.05, 0.1) is 12.2 Å². The Balaban J connectivity index is 2.62. The average molecular weight is 295 g/mol. The molecule has 0 radical (unpaired) electrons. The smallest absolute Gasteiger partial charge is 0.326 e. The summed E-state index contributed by atoms with van der Waals surface area (Å²) in [4.78, 5) is 28.9. The van der Waals surface area contributed by atoms with Gasteiger partial charge in [0.15, 0.2) is 0 Å². The predicted octanol–water partition coefficient (Wildman–Crippen LogP) is 1.10. The SMILES string of the molecule is CCN(Cc1ccccn1)C(=O)NC(CCOC)C(=O)O. The second-order valence-corrected chi connectivity index (χ2v) is 4.46. The maximum atomic E-state index is 12.1. The Bertz CT molecular complexity index is 453. The van der Waals surface area contributed by atoms with Crippen molar-refractivity contribution >= 4 is 12.0 Å². The Morgan fingerprint density at radius 2 is 2.24 bits per heavy atom. The summed E-state index contributed by atoms with van der Waals surface area (Å²) in [5, 5.41) is 11.6. The van der Waals surface area contributed by atoms with Crippen molar-refractivity contribution in [3.63, 3.8) is 0 Å².